The molecule has 0 aliphatic heterocycles. The highest BCUT2D eigenvalue weighted by Gasteiger charge is 2.07. The van der Waals surface area contributed by atoms with Crippen LogP contribution in [0.15, 0.2) is 24.3 Å². The minimum absolute atomic E-state index is 0.200. The molecule has 0 fully saturated rings. The second-order valence-electron chi connectivity index (χ2n) is 4.41. The molecule has 100 valence electrons. The summed E-state index contributed by atoms with van der Waals surface area (Å²) < 4.78 is 0. The van der Waals surface area contributed by atoms with Gasteiger partial charge in [-0.2, -0.15) is 0 Å². The van der Waals surface area contributed by atoms with E-state index in [4.69, 9.17) is 10.8 Å². The number of nitrogens with two attached hydrogens (primary N) is 1. The molecule has 4 N–H and O–H groups in total. The third-order valence-electron chi connectivity index (χ3n) is 2.97. The molecule has 1 aromatic heterocycles. The summed E-state index contributed by atoms with van der Waals surface area (Å²) >= 11 is 1.75. The molecule has 0 amide bonds. The summed E-state index contributed by atoms with van der Waals surface area (Å²) in [5, 5.41) is 12.1. The van der Waals surface area contributed by atoms with Crippen LogP contribution in [0.1, 0.15) is 25.7 Å². The topological polar surface area (TPSA) is 75.3 Å². The van der Waals surface area contributed by atoms with E-state index in [1.165, 1.54) is 21.4 Å². The highest BCUT2D eigenvalue weighted by molar-refractivity contribution is 7.12. The maximum atomic E-state index is 10.8. The minimum atomic E-state index is -0.970. The lowest BCUT2D eigenvalue weighted by molar-refractivity contribution is 0.0697. The first kappa shape index (κ1) is 13.4. The van der Waals surface area contributed by atoms with E-state index >= 15 is 0 Å². The van der Waals surface area contributed by atoms with Crippen LogP contribution in [0.4, 0.5) is 11.4 Å². The molecule has 1 aromatic carbocycles. The molecule has 4 nitrogen and oxygen atoms in total. The zero-order chi connectivity index (χ0) is 14.0. The van der Waals surface area contributed by atoms with Crippen molar-refractivity contribution >= 4 is 28.7 Å². The molecule has 19 heavy (non-hydrogen) atoms. The Morgan fingerprint density at radius 1 is 1.37 bits per heavy atom. The van der Waals surface area contributed by atoms with Gasteiger partial charge in [0.25, 0.3) is 0 Å². The molecule has 5 heteroatoms. The summed E-state index contributed by atoms with van der Waals surface area (Å²) in [6.45, 7) is 4.88. The van der Waals surface area contributed by atoms with Crippen molar-refractivity contribution in [2.45, 2.75) is 20.4 Å². The van der Waals surface area contributed by atoms with Gasteiger partial charge in [0.1, 0.15) is 0 Å². The fraction of sp³-hybridized carbons (Fsp3) is 0.214. The first-order chi connectivity index (χ1) is 8.97. The molecule has 1 heterocycles. The number of aromatic carboxylic acids is 1. The van der Waals surface area contributed by atoms with Crippen molar-refractivity contribution in [1.29, 1.82) is 0 Å². The number of hydrogen-bond acceptors (Lipinski definition) is 4. The zero-order valence-electron chi connectivity index (χ0n) is 10.9. The molecular formula is C14H16N2O2S. The lowest BCUT2D eigenvalue weighted by Crippen LogP contribution is -2.04. The average molecular weight is 276 g/mol. The van der Waals surface area contributed by atoms with E-state index in [9.17, 15) is 4.79 Å². The molecule has 2 rings (SSSR count). The van der Waals surface area contributed by atoms with Crippen molar-refractivity contribution in [3.63, 3.8) is 0 Å². The van der Waals surface area contributed by atoms with E-state index in [2.05, 4.69) is 25.2 Å². The van der Waals surface area contributed by atoms with Crippen LogP contribution >= 0.6 is 11.3 Å². The zero-order valence-corrected chi connectivity index (χ0v) is 11.7. The maximum Gasteiger partial charge on any atom is 0.335 e. The molecule has 0 aliphatic carbocycles. The fourth-order valence-electron chi connectivity index (χ4n) is 1.78. The van der Waals surface area contributed by atoms with Gasteiger partial charge in [0.05, 0.1) is 16.9 Å². The Labute approximate surface area is 115 Å². The monoisotopic (exact) mass is 276 g/mol. The van der Waals surface area contributed by atoms with Crippen LogP contribution in [-0.4, -0.2) is 11.1 Å². The van der Waals surface area contributed by atoms with Crippen molar-refractivity contribution in [3.8, 4) is 0 Å². The molecular weight excluding hydrogens is 260 g/mol. The van der Waals surface area contributed by atoms with Crippen molar-refractivity contribution in [2.24, 2.45) is 0 Å². The Balaban J connectivity index is 2.09. The number of nitrogen functional groups attached to an aromatic ring is 1. The van der Waals surface area contributed by atoms with E-state index in [0.29, 0.717) is 12.2 Å². The van der Waals surface area contributed by atoms with Crippen LogP contribution in [-0.2, 0) is 6.54 Å². The Kier molecular flexibility index (Phi) is 3.76. The summed E-state index contributed by atoms with van der Waals surface area (Å²) in [6, 6.07) is 6.86. The average Bonchev–Trinajstić information content (AvgIpc) is 2.67. The summed E-state index contributed by atoms with van der Waals surface area (Å²) in [4.78, 5) is 13.4. The molecule has 0 radical (unpaired) electrons. The molecule has 2 aromatic rings. The van der Waals surface area contributed by atoms with Crippen LogP contribution in [0.5, 0.6) is 0 Å². The Hall–Kier alpha value is -2.01. The number of benzene rings is 1. The minimum Gasteiger partial charge on any atom is -0.478 e. The molecule has 0 unspecified atom stereocenters. The third kappa shape index (κ3) is 3.06. The number of aryl methyl sites for hydroxylation is 2. The standard InChI is InChI=1S/C14H16N2O2S/c1-8-5-11(19-9(8)2)7-16-13-4-3-10(14(17)18)6-12(13)15/h3-6,16H,7,15H2,1-2H3,(H,17,18). The highest BCUT2D eigenvalue weighted by atomic mass is 32.1. The normalized spacial score (nSPS) is 10.4. The first-order valence-electron chi connectivity index (χ1n) is 5.90. The van der Waals surface area contributed by atoms with Gasteiger partial charge >= 0.3 is 5.97 Å². The molecule has 0 atom stereocenters. The van der Waals surface area contributed by atoms with Crippen molar-refractivity contribution in [2.75, 3.05) is 11.1 Å². The number of hydrogen-bond donors (Lipinski definition) is 3. The number of carboxylic acid groups (broad SMARTS) is 1. The quantitative estimate of drug-likeness (QED) is 0.749. The number of carbonyl (C=O) groups is 1. The van der Waals surface area contributed by atoms with E-state index in [-0.39, 0.29) is 5.56 Å². The van der Waals surface area contributed by atoms with Gasteiger partial charge < -0.3 is 16.2 Å². The van der Waals surface area contributed by atoms with Gasteiger partial charge in [-0.1, -0.05) is 0 Å². The van der Waals surface area contributed by atoms with Gasteiger partial charge in [0.15, 0.2) is 0 Å². The second kappa shape index (κ2) is 5.32. The van der Waals surface area contributed by atoms with E-state index in [1.54, 1.807) is 23.5 Å². The molecule has 0 saturated carbocycles. The van der Waals surface area contributed by atoms with E-state index in [0.717, 1.165) is 5.69 Å². The number of thiophene rings is 1. The van der Waals surface area contributed by atoms with Gasteiger partial charge in [0.2, 0.25) is 0 Å². The lowest BCUT2D eigenvalue weighted by atomic mass is 10.1. The largest absolute Gasteiger partial charge is 0.478 e. The third-order valence-corrected chi connectivity index (χ3v) is 4.12. The second-order valence-corrected chi connectivity index (χ2v) is 5.75. The summed E-state index contributed by atoms with van der Waals surface area (Å²) in [5.41, 5.74) is 8.53. The molecule has 0 saturated heterocycles. The van der Waals surface area contributed by atoms with Crippen molar-refractivity contribution < 1.29 is 9.90 Å². The first-order valence-corrected chi connectivity index (χ1v) is 6.71. The molecule has 0 bridgehead atoms. The number of carboxylic acids is 1. The summed E-state index contributed by atoms with van der Waals surface area (Å²) in [7, 11) is 0. The smallest absolute Gasteiger partial charge is 0.335 e. The fourth-order valence-corrected chi connectivity index (χ4v) is 2.77. The Morgan fingerprint density at radius 2 is 2.11 bits per heavy atom. The van der Waals surface area contributed by atoms with Crippen LogP contribution in [0.25, 0.3) is 0 Å². The van der Waals surface area contributed by atoms with E-state index in [1.807, 2.05) is 0 Å². The van der Waals surface area contributed by atoms with Crippen LogP contribution in [0.3, 0.4) is 0 Å². The van der Waals surface area contributed by atoms with Gasteiger partial charge in [-0.05, 0) is 43.7 Å². The van der Waals surface area contributed by atoms with Crippen molar-refractivity contribution in [1.82, 2.24) is 0 Å². The van der Waals surface area contributed by atoms with Gasteiger partial charge in [0, 0.05) is 16.3 Å². The summed E-state index contributed by atoms with van der Waals surface area (Å²) in [6.07, 6.45) is 0. The van der Waals surface area contributed by atoms with Crippen LogP contribution in [0, 0.1) is 13.8 Å². The van der Waals surface area contributed by atoms with Crippen LogP contribution in [0.2, 0.25) is 0 Å². The predicted molar refractivity (Wildman–Crippen MR) is 78.9 cm³/mol. The predicted octanol–water partition coefficient (Wildman–Crippen LogP) is 3.26. The Morgan fingerprint density at radius 3 is 2.63 bits per heavy atom. The number of anilines is 2. The molecule has 0 aliphatic rings. The van der Waals surface area contributed by atoms with E-state index < -0.39 is 5.97 Å². The van der Waals surface area contributed by atoms with Gasteiger partial charge in [-0.3, -0.25) is 0 Å². The molecule has 0 spiro atoms. The highest BCUT2D eigenvalue weighted by Crippen LogP contribution is 2.24. The SMILES string of the molecule is Cc1cc(CNc2ccc(C(=O)O)cc2N)sc1C. The number of nitrogens with one attached hydrogen (secondary N) is 1. The maximum absolute atomic E-state index is 10.8. The number of rotatable bonds is 4. The van der Waals surface area contributed by atoms with Crippen LogP contribution < -0.4 is 11.1 Å². The Bertz CT molecular complexity index is 600. The summed E-state index contributed by atoms with van der Waals surface area (Å²) in [5.74, 6) is -0.970. The van der Waals surface area contributed by atoms with Gasteiger partial charge in [-0.15, -0.1) is 11.3 Å². The van der Waals surface area contributed by atoms with Gasteiger partial charge in [-0.25, -0.2) is 4.79 Å². The lowest BCUT2D eigenvalue weighted by Gasteiger charge is -2.08. The van der Waals surface area contributed by atoms with Crippen molar-refractivity contribution in [3.05, 3.63) is 45.1 Å².